The highest BCUT2D eigenvalue weighted by Crippen LogP contribution is 2.52. The van der Waals surface area contributed by atoms with Crippen LogP contribution in [-0.2, 0) is 16.0 Å². The highest BCUT2D eigenvalue weighted by Gasteiger charge is 2.50. The van der Waals surface area contributed by atoms with Gasteiger partial charge in [0.1, 0.15) is 11.5 Å². The van der Waals surface area contributed by atoms with E-state index in [1.165, 1.54) is 0 Å². The molecule has 5 nitrogen and oxygen atoms in total. The van der Waals surface area contributed by atoms with E-state index in [2.05, 4.69) is 38.0 Å². The Kier molecular flexibility index (Phi) is 6.54. The summed E-state index contributed by atoms with van der Waals surface area (Å²) >= 11 is 0. The topological polar surface area (TPSA) is 68.3 Å². The summed E-state index contributed by atoms with van der Waals surface area (Å²) in [5, 5.41) is 2.91. The van der Waals surface area contributed by atoms with E-state index in [0.717, 1.165) is 18.4 Å². The largest absolute Gasteiger partial charge is 0.439 e. The zero-order chi connectivity index (χ0) is 22.8. The van der Waals surface area contributed by atoms with Gasteiger partial charge in [0.15, 0.2) is 0 Å². The number of rotatable bonds is 7. The molecule has 1 aromatic heterocycles. The van der Waals surface area contributed by atoms with Crippen molar-refractivity contribution in [3.05, 3.63) is 48.2 Å². The summed E-state index contributed by atoms with van der Waals surface area (Å²) in [5.41, 5.74) is 1.94. The number of hydrogen-bond acceptors (Lipinski definition) is 4. The van der Waals surface area contributed by atoms with Crippen LogP contribution in [0.1, 0.15) is 61.4 Å². The fourth-order valence-corrected chi connectivity index (χ4v) is 3.80. The van der Waals surface area contributed by atoms with Crippen molar-refractivity contribution < 1.29 is 15.8 Å². The number of amides is 1. The summed E-state index contributed by atoms with van der Waals surface area (Å²) in [5.74, 6) is 1.76. The fraction of sp³-hybridized carbons (Fsp3) is 0.500. The molecule has 0 unspecified atom stereocenters. The Hall–Kier alpha value is -2.69. The van der Waals surface area contributed by atoms with E-state index in [9.17, 15) is 9.59 Å². The molecule has 1 aromatic carbocycles. The predicted octanol–water partition coefficient (Wildman–Crippen LogP) is 6.29. The van der Waals surface area contributed by atoms with Crippen LogP contribution >= 0.6 is 0 Å². The first-order valence-electron chi connectivity index (χ1n) is 11.2. The summed E-state index contributed by atoms with van der Waals surface area (Å²) in [4.78, 5) is 28.7. The lowest BCUT2D eigenvalue weighted by molar-refractivity contribution is -0.120. The fourth-order valence-electron chi connectivity index (χ4n) is 3.80. The van der Waals surface area contributed by atoms with Crippen molar-refractivity contribution >= 4 is 17.4 Å². The molecular formula is C26H36N2O3. The van der Waals surface area contributed by atoms with E-state index in [-0.39, 0.29) is 30.0 Å². The molecule has 2 atom stereocenters. The molecular weight excluding hydrogens is 388 g/mol. The van der Waals surface area contributed by atoms with Gasteiger partial charge >= 0.3 is 0 Å². The standard InChI is InChI=1S/C24H28N2O3.C2H6.H2/c1-23(2)12-18(23)20(27)11-15-5-8-17(9-6-15)29-21-10-7-16(14-25-21)26-22(28)19-13-24(19,3)4;1-2;/h5-10,14,18-19H,11-13H2,1-4H3,(H,26,28);1-2H3;1H/t18-,19+;;/m1../s1. The first kappa shape index (κ1) is 23.0. The van der Waals surface area contributed by atoms with Gasteiger partial charge in [0.05, 0.1) is 11.9 Å². The van der Waals surface area contributed by atoms with Crippen LogP contribution in [-0.4, -0.2) is 16.7 Å². The van der Waals surface area contributed by atoms with Gasteiger partial charge in [-0.1, -0.05) is 53.7 Å². The van der Waals surface area contributed by atoms with E-state index in [0.29, 0.717) is 29.5 Å². The van der Waals surface area contributed by atoms with Crippen LogP contribution in [0.4, 0.5) is 5.69 Å². The number of carbonyl (C=O) groups excluding carboxylic acids is 2. The Morgan fingerprint density at radius 2 is 1.58 bits per heavy atom. The molecule has 0 radical (unpaired) electrons. The van der Waals surface area contributed by atoms with Crippen LogP contribution in [0, 0.1) is 22.7 Å². The van der Waals surface area contributed by atoms with Gasteiger partial charge in [0.2, 0.25) is 11.8 Å². The lowest BCUT2D eigenvalue weighted by atomic mass is 10.0. The summed E-state index contributed by atoms with van der Waals surface area (Å²) in [6.45, 7) is 12.5. The van der Waals surface area contributed by atoms with E-state index in [4.69, 9.17) is 4.74 Å². The highest BCUT2D eigenvalue weighted by molar-refractivity contribution is 5.94. The number of aromatic nitrogens is 1. The molecule has 168 valence electrons. The van der Waals surface area contributed by atoms with Crippen molar-refractivity contribution in [3.63, 3.8) is 0 Å². The molecule has 2 aliphatic rings. The molecule has 0 bridgehead atoms. The third-order valence-corrected chi connectivity index (χ3v) is 6.26. The minimum atomic E-state index is 0. The minimum Gasteiger partial charge on any atom is -0.439 e. The number of Topliss-reactive ketones (excluding diaryl/α,β-unsaturated/α-hetero) is 1. The van der Waals surface area contributed by atoms with Crippen molar-refractivity contribution in [3.8, 4) is 11.6 Å². The van der Waals surface area contributed by atoms with Crippen LogP contribution in [0.3, 0.4) is 0 Å². The maximum absolute atomic E-state index is 12.3. The summed E-state index contributed by atoms with van der Waals surface area (Å²) in [6, 6.07) is 11.1. The Morgan fingerprint density at radius 1 is 1.00 bits per heavy atom. The first-order chi connectivity index (χ1) is 14.6. The maximum atomic E-state index is 12.3. The van der Waals surface area contributed by atoms with Gasteiger partial charge in [-0.05, 0) is 47.4 Å². The monoisotopic (exact) mass is 424 g/mol. The van der Waals surface area contributed by atoms with Gasteiger partial charge in [0.25, 0.3) is 0 Å². The smallest absolute Gasteiger partial charge is 0.228 e. The van der Waals surface area contributed by atoms with Crippen LogP contribution in [0.25, 0.3) is 0 Å². The molecule has 0 aliphatic heterocycles. The average Bonchev–Trinajstić information content (AvgIpc) is 3.59. The lowest BCUT2D eigenvalue weighted by Gasteiger charge is -2.09. The molecule has 5 heteroatoms. The Morgan fingerprint density at radius 3 is 2.06 bits per heavy atom. The van der Waals surface area contributed by atoms with Crippen molar-refractivity contribution in [2.75, 3.05) is 5.32 Å². The zero-order valence-electron chi connectivity index (χ0n) is 19.5. The minimum absolute atomic E-state index is 0. The van der Waals surface area contributed by atoms with E-state index in [1.807, 2.05) is 38.1 Å². The Bertz CT molecular complexity index is 859. The second-order valence-corrected chi connectivity index (χ2v) is 9.75. The molecule has 31 heavy (non-hydrogen) atoms. The molecule has 4 rings (SSSR count). The third kappa shape index (κ3) is 5.72. The number of pyridine rings is 1. The first-order valence-corrected chi connectivity index (χ1v) is 11.2. The van der Waals surface area contributed by atoms with Gasteiger partial charge in [-0.3, -0.25) is 9.59 Å². The van der Waals surface area contributed by atoms with E-state index < -0.39 is 0 Å². The Labute approximate surface area is 187 Å². The van der Waals surface area contributed by atoms with E-state index in [1.54, 1.807) is 18.3 Å². The molecule has 1 heterocycles. The molecule has 2 saturated carbocycles. The number of ketones is 1. The maximum Gasteiger partial charge on any atom is 0.228 e. The molecule has 1 N–H and O–H groups in total. The third-order valence-electron chi connectivity index (χ3n) is 6.26. The second-order valence-electron chi connectivity index (χ2n) is 9.75. The number of benzene rings is 1. The number of carbonyl (C=O) groups is 2. The van der Waals surface area contributed by atoms with Gasteiger partial charge < -0.3 is 10.1 Å². The van der Waals surface area contributed by atoms with Crippen LogP contribution in [0.15, 0.2) is 42.6 Å². The molecule has 0 spiro atoms. The predicted molar refractivity (Wildman–Crippen MR) is 125 cm³/mol. The highest BCUT2D eigenvalue weighted by atomic mass is 16.5. The van der Waals surface area contributed by atoms with Crippen molar-refractivity contribution in [1.82, 2.24) is 4.98 Å². The van der Waals surface area contributed by atoms with Crippen molar-refractivity contribution in [2.24, 2.45) is 22.7 Å². The second kappa shape index (κ2) is 8.81. The lowest BCUT2D eigenvalue weighted by Crippen LogP contribution is -2.16. The van der Waals surface area contributed by atoms with Crippen LogP contribution in [0.5, 0.6) is 11.6 Å². The van der Waals surface area contributed by atoms with Gasteiger partial charge in [-0.2, -0.15) is 0 Å². The number of anilines is 1. The van der Waals surface area contributed by atoms with Crippen LogP contribution in [0.2, 0.25) is 0 Å². The van der Waals surface area contributed by atoms with Crippen LogP contribution < -0.4 is 10.1 Å². The SMILES string of the molecule is CC.CC1(C)C[C@@H]1C(=O)Cc1ccc(Oc2ccc(NC(=O)[C@@H]3CC3(C)C)cn2)cc1.[HH]. The zero-order valence-corrected chi connectivity index (χ0v) is 19.5. The molecule has 2 aromatic rings. The normalized spacial score (nSPS) is 21.9. The average molecular weight is 425 g/mol. The van der Waals surface area contributed by atoms with Gasteiger partial charge in [0, 0.05) is 25.7 Å². The van der Waals surface area contributed by atoms with E-state index >= 15 is 0 Å². The summed E-state index contributed by atoms with van der Waals surface area (Å²) in [6.07, 6.45) is 3.99. The molecule has 2 fully saturated rings. The number of hydrogen-bond donors (Lipinski definition) is 1. The quantitative estimate of drug-likeness (QED) is 0.567. The van der Waals surface area contributed by atoms with Gasteiger partial charge in [-0.25, -0.2) is 4.98 Å². The summed E-state index contributed by atoms with van der Waals surface area (Å²) in [7, 11) is 0. The van der Waals surface area contributed by atoms with Gasteiger partial charge in [-0.15, -0.1) is 0 Å². The number of ether oxygens (including phenoxy) is 1. The molecule has 0 saturated heterocycles. The number of nitrogens with zero attached hydrogens (tertiary/aromatic N) is 1. The van der Waals surface area contributed by atoms with Crippen molar-refractivity contribution in [2.45, 2.75) is 60.8 Å². The number of nitrogens with one attached hydrogen (secondary N) is 1. The van der Waals surface area contributed by atoms with Crippen molar-refractivity contribution in [1.29, 1.82) is 0 Å². The summed E-state index contributed by atoms with van der Waals surface area (Å²) < 4.78 is 5.78. The molecule has 2 aliphatic carbocycles. The Balaban J connectivity index is 0.00000118. The molecule has 1 amide bonds.